The van der Waals surface area contributed by atoms with Crippen LogP contribution in [0.4, 0.5) is 0 Å². The van der Waals surface area contributed by atoms with Crippen molar-refractivity contribution in [1.82, 2.24) is 5.32 Å². The average Bonchev–Trinajstić information content (AvgIpc) is 2.21. The first kappa shape index (κ1) is 14.9. The van der Waals surface area contributed by atoms with Gasteiger partial charge in [-0.1, -0.05) is 20.3 Å². The molecule has 0 aromatic heterocycles. The Morgan fingerprint density at radius 3 is 2.25 bits per heavy atom. The maximum absolute atomic E-state index is 11.4. The van der Waals surface area contributed by atoms with Crippen molar-refractivity contribution in [1.29, 1.82) is 0 Å². The van der Waals surface area contributed by atoms with Crippen molar-refractivity contribution in [3.05, 3.63) is 0 Å². The Balaban J connectivity index is 4.19. The number of carbonyl (C=O) groups excluding carboxylic acids is 1. The zero-order chi connectivity index (χ0) is 12.7. The Hall–Kier alpha value is -1.10. The number of nitrogens with one attached hydrogen (secondary N) is 1. The van der Waals surface area contributed by atoms with Crippen LogP contribution in [0.1, 0.15) is 34.1 Å². The lowest BCUT2D eigenvalue weighted by Gasteiger charge is -2.20. The zero-order valence-electron chi connectivity index (χ0n) is 10.3. The first-order valence-electron chi connectivity index (χ1n) is 5.52. The molecular weight excluding hydrogens is 210 g/mol. The molecule has 5 heteroatoms. The van der Waals surface area contributed by atoms with E-state index in [4.69, 9.17) is 9.84 Å². The normalized spacial score (nSPS) is 14.6. The molecular formula is C11H21NO4. The smallest absolute Gasteiger partial charge is 0.326 e. The highest BCUT2D eigenvalue weighted by Gasteiger charge is 2.25. The summed E-state index contributed by atoms with van der Waals surface area (Å²) in [5.74, 6) is -1.49. The van der Waals surface area contributed by atoms with Gasteiger partial charge >= 0.3 is 5.97 Å². The molecule has 0 rings (SSSR count). The molecule has 5 nitrogen and oxygen atoms in total. The Kier molecular flexibility index (Phi) is 6.72. The van der Waals surface area contributed by atoms with Crippen molar-refractivity contribution < 1.29 is 19.4 Å². The summed E-state index contributed by atoms with van der Waals surface area (Å²) < 4.78 is 5.09. The van der Waals surface area contributed by atoms with Crippen LogP contribution < -0.4 is 5.32 Å². The second-order valence-corrected chi connectivity index (χ2v) is 4.13. The molecule has 94 valence electrons. The highest BCUT2D eigenvalue weighted by Crippen LogP contribution is 2.07. The molecule has 0 unspecified atom stereocenters. The molecule has 16 heavy (non-hydrogen) atoms. The SMILES string of the molecule is CC[C@H](C)[C@H](NC(=O)COC(C)C)C(=O)O. The van der Waals surface area contributed by atoms with Crippen LogP contribution >= 0.6 is 0 Å². The number of rotatable bonds is 7. The van der Waals surface area contributed by atoms with Gasteiger partial charge in [0, 0.05) is 0 Å². The minimum Gasteiger partial charge on any atom is -0.480 e. The van der Waals surface area contributed by atoms with Gasteiger partial charge in [0.2, 0.25) is 5.91 Å². The third-order valence-corrected chi connectivity index (χ3v) is 2.34. The number of aliphatic carboxylic acids is 1. The quantitative estimate of drug-likeness (QED) is 0.686. The van der Waals surface area contributed by atoms with E-state index in [2.05, 4.69) is 5.32 Å². The molecule has 0 aliphatic rings. The third kappa shape index (κ3) is 5.70. The van der Waals surface area contributed by atoms with Crippen LogP contribution in [0.3, 0.4) is 0 Å². The summed E-state index contributed by atoms with van der Waals surface area (Å²) in [6.07, 6.45) is 0.653. The fourth-order valence-electron chi connectivity index (χ4n) is 1.14. The molecule has 2 atom stereocenters. The number of carboxylic acid groups (broad SMARTS) is 1. The predicted octanol–water partition coefficient (Wildman–Crippen LogP) is 1.03. The molecule has 2 N–H and O–H groups in total. The highest BCUT2D eigenvalue weighted by molar-refractivity contribution is 5.84. The van der Waals surface area contributed by atoms with E-state index in [9.17, 15) is 9.59 Å². The lowest BCUT2D eigenvalue weighted by atomic mass is 9.99. The maximum Gasteiger partial charge on any atom is 0.326 e. The molecule has 0 heterocycles. The van der Waals surface area contributed by atoms with Crippen LogP contribution in [0.2, 0.25) is 0 Å². The number of ether oxygens (including phenoxy) is 1. The minimum absolute atomic E-state index is 0.0439. The molecule has 1 amide bonds. The van der Waals surface area contributed by atoms with Crippen LogP contribution in [0, 0.1) is 5.92 Å². The van der Waals surface area contributed by atoms with Gasteiger partial charge in [-0.05, 0) is 19.8 Å². The first-order valence-corrected chi connectivity index (χ1v) is 5.52. The van der Waals surface area contributed by atoms with Crippen molar-refractivity contribution >= 4 is 11.9 Å². The van der Waals surface area contributed by atoms with Crippen LogP contribution in [-0.2, 0) is 14.3 Å². The van der Waals surface area contributed by atoms with Crippen LogP contribution in [0.5, 0.6) is 0 Å². The van der Waals surface area contributed by atoms with Gasteiger partial charge in [-0.15, -0.1) is 0 Å². The van der Waals surface area contributed by atoms with E-state index in [0.29, 0.717) is 6.42 Å². The highest BCUT2D eigenvalue weighted by atomic mass is 16.5. The maximum atomic E-state index is 11.4. The van der Waals surface area contributed by atoms with Gasteiger partial charge in [-0.3, -0.25) is 4.79 Å². The summed E-state index contributed by atoms with van der Waals surface area (Å²) in [5, 5.41) is 11.4. The number of carbonyl (C=O) groups is 2. The summed E-state index contributed by atoms with van der Waals surface area (Å²) in [5.41, 5.74) is 0. The average molecular weight is 231 g/mol. The van der Waals surface area contributed by atoms with E-state index in [-0.39, 0.29) is 24.5 Å². The van der Waals surface area contributed by atoms with Gasteiger partial charge in [0.15, 0.2) is 0 Å². The van der Waals surface area contributed by atoms with E-state index in [1.165, 1.54) is 0 Å². The summed E-state index contributed by atoms with van der Waals surface area (Å²) in [7, 11) is 0. The monoisotopic (exact) mass is 231 g/mol. The Morgan fingerprint density at radius 2 is 1.88 bits per heavy atom. The molecule has 0 saturated heterocycles. The van der Waals surface area contributed by atoms with Crippen molar-refractivity contribution in [2.45, 2.75) is 46.3 Å². The van der Waals surface area contributed by atoms with E-state index in [1.807, 2.05) is 20.8 Å². The fraction of sp³-hybridized carbons (Fsp3) is 0.818. The third-order valence-electron chi connectivity index (χ3n) is 2.34. The summed E-state index contributed by atoms with van der Waals surface area (Å²) in [6, 6.07) is -0.840. The molecule has 0 aromatic rings. The summed E-state index contributed by atoms with van der Waals surface area (Å²) in [6.45, 7) is 7.21. The Morgan fingerprint density at radius 1 is 1.31 bits per heavy atom. The van der Waals surface area contributed by atoms with Crippen molar-refractivity contribution in [2.24, 2.45) is 5.92 Å². The second kappa shape index (κ2) is 7.22. The van der Waals surface area contributed by atoms with Crippen LogP contribution in [0.25, 0.3) is 0 Å². The van der Waals surface area contributed by atoms with Crippen LogP contribution in [0.15, 0.2) is 0 Å². The standard InChI is InChI=1S/C11H21NO4/c1-5-8(4)10(11(14)15)12-9(13)6-16-7(2)3/h7-8,10H,5-6H2,1-4H3,(H,12,13)(H,14,15)/t8-,10-/m0/s1. The minimum atomic E-state index is -1.01. The molecule has 0 radical (unpaired) electrons. The molecule has 0 aliphatic carbocycles. The zero-order valence-corrected chi connectivity index (χ0v) is 10.3. The van der Waals surface area contributed by atoms with Gasteiger partial charge in [0.25, 0.3) is 0 Å². The number of hydrogen-bond acceptors (Lipinski definition) is 3. The van der Waals surface area contributed by atoms with Gasteiger partial charge in [-0.25, -0.2) is 4.79 Å². The van der Waals surface area contributed by atoms with Gasteiger partial charge in [0.1, 0.15) is 12.6 Å². The Bertz CT molecular complexity index is 240. The molecule has 0 spiro atoms. The summed E-state index contributed by atoms with van der Waals surface area (Å²) in [4.78, 5) is 22.3. The number of amides is 1. The first-order chi connectivity index (χ1) is 7.38. The predicted molar refractivity (Wildman–Crippen MR) is 60.1 cm³/mol. The van der Waals surface area contributed by atoms with Crippen molar-refractivity contribution in [2.75, 3.05) is 6.61 Å². The molecule has 0 aromatic carbocycles. The second-order valence-electron chi connectivity index (χ2n) is 4.13. The topological polar surface area (TPSA) is 75.6 Å². The van der Waals surface area contributed by atoms with E-state index < -0.39 is 12.0 Å². The fourth-order valence-corrected chi connectivity index (χ4v) is 1.14. The molecule has 0 fully saturated rings. The molecule has 0 saturated carbocycles. The number of carboxylic acids is 1. The van der Waals surface area contributed by atoms with E-state index >= 15 is 0 Å². The lowest BCUT2D eigenvalue weighted by Crippen LogP contribution is -2.46. The Labute approximate surface area is 96.2 Å². The molecule has 0 aliphatic heterocycles. The molecule has 0 bridgehead atoms. The van der Waals surface area contributed by atoms with E-state index in [1.54, 1.807) is 6.92 Å². The largest absolute Gasteiger partial charge is 0.480 e. The van der Waals surface area contributed by atoms with Gasteiger partial charge in [-0.2, -0.15) is 0 Å². The van der Waals surface area contributed by atoms with E-state index in [0.717, 1.165) is 0 Å². The van der Waals surface area contributed by atoms with Crippen molar-refractivity contribution in [3.8, 4) is 0 Å². The van der Waals surface area contributed by atoms with Crippen molar-refractivity contribution in [3.63, 3.8) is 0 Å². The summed E-state index contributed by atoms with van der Waals surface area (Å²) >= 11 is 0. The van der Waals surface area contributed by atoms with Crippen LogP contribution in [-0.4, -0.2) is 35.7 Å². The lowest BCUT2D eigenvalue weighted by molar-refractivity contribution is -0.144. The van der Waals surface area contributed by atoms with Gasteiger partial charge in [0.05, 0.1) is 6.10 Å². The number of hydrogen-bond donors (Lipinski definition) is 2. The van der Waals surface area contributed by atoms with Gasteiger partial charge < -0.3 is 15.2 Å².